The highest BCUT2D eigenvalue weighted by molar-refractivity contribution is 5.72. The Morgan fingerprint density at radius 2 is 1.67 bits per heavy atom. The van der Waals surface area contributed by atoms with Crippen LogP contribution >= 0.6 is 0 Å². The molecule has 6 nitrogen and oxygen atoms in total. The van der Waals surface area contributed by atoms with Crippen molar-refractivity contribution in [2.75, 3.05) is 18.2 Å². The fraction of sp³-hybridized carbons (Fsp3) is 0.238. The van der Waals surface area contributed by atoms with Crippen molar-refractivity contribution in [3.8, 4) is 17.4 Å². The summed E-state index contributed by atoms with van der Waals surface area (Å²) >= 11 is 0. The first-order chi connectivity index (χ1) is 13.2. The van der Waals surface area contributed by atoms with Gasteiger partial charge in [-0.15, -0.1) is 0 Å². The van der Waals surface area contributed by atoms with E-state index in [0.717, 1.165) is 17.9 Å². The monoisotopic (exact) mass is 364 g/mol. The van der Waals surface area contributed by atoms with Crippen molar-refractivity contribution in [3.63, 3.8) is 0 Å². The van der Waals surface area contributed by atoms with Gasteiger partial charge in [-0.25, -0.2) is 4.98 Å². The largest absolute Gasteiger partial charge is 0.497 e. The molecule has 0 aliphatic carbocycles. The minimum absolute atomic E-state index is 0.303. The van der Waals surface area contributed by atoms with Gasteiger partial charge in [-0.3, -0.25) is 0 Å². The molecule has 3 N–H and O–H groups in total. The second-order valence-corrected chi connectivity index (χ2v) is 6.14. The topological polar surface area (TPSA) is 82.3 Å². The second kappa shape index (κ2) is 8.89. The van der Waals surface area contributed by atoms with Crippen LogP contribution < -0.4 is 20.5 Å². The fourth-order valence-electron chi connectivity index (χ4n) is 2.59. The molecule has 6 heteroatoms. The van der Waals surface area contributed by atoms with Crippen molar-refractivity contribution >= 4 is 17.2 Å². The normalized spacial score (nSPS) is 10.4. The van der Waals surface area contributed by atoms with Crippen LogP contribution in [0.15, 0.2) is 54.9 Å². The minimum Gasteiger partial charge on any atom is -0.497 e. The van der Waals surface area contributed by atoms with E-state index < -0.39 is 0 Å². The number of anilines is 3. The number of hydrogen-bond acceptors (Lipinski definition) is 6. The SMILES string of the molecule is CCCCc1ccc(Nc2ncnc(Oc3ccc(OC)cc3)c2N)cc1. The highest BCUT2D eigenvalue weighted by Gasteiger charge is 2.11. The average Bonchev–Trinajstić information content (AvgIpc) is 2.71. The third-order valence-electron chi connectivity index (χ3n) is 4.16. The predicted octanol–water partition coefficient (Wildman–Crippen LogP) is 4.95. The van der Waals surface area contributed by atoms with E-state index in [-0.39, 0.29) is 0 Å². The molecule has 0 bridgehead atoms. The lowest BCUT2D eigenvalue weighted by atomic mass is 10.1. The third-order valence-corrected chi connectivity index (χ3v) is 4.16. The Morgan fingerprint density at radius 3 is 2.33 bits per heavy atom. The summed E-state index contributed by atoms with van der Waals surface area (Å²) in [6, 6.07) is 15.5. The van der Waals surface area contributed by atoms with Gasteiger partial charge in [0, 0.05) is 5.69 Å². The van der Waals surface area contributed by atoms with E-state index >= 15 is 0 Å². The molecular formula is C21H24N4O2. The van der Waals surface area contributed by atoms with Gasteiger partial charge in [-0.05, 0) is 54.8 Å². The van der Waals surface area contributed by atoms with Crippen molar-refractivity contribution in [2.24, 2.45) is 0 Å². The molecule has 3 rings (SSSR count). The lowest BCUT2D eigenvalue weighted by Crippen LogP contribution is -2.03. The number of ether oxygens (including phenoxy) is 2. The molecule has 0 unspecified atom stereocenters. The molecule has 27 heavy (non-hydrogen) atoms. The van der Waals surface area contributed by atoms with Gasteiger partial charge in [0.15, 0.2) is 5.82 Å². The van der Waals surface area contributed by atoms with Crippen LogP contribution in [0.5, 0.6) is 17.4 Å². The third kappa shape index (κ3) is 4.88. The number of hydrogen-bond donors (Lipinski definition) is 2. The Kier molecular flexibility index (Phi) is 6.10. The summed E-state index contributed by atoms with van der Waals surface area (Å²) in [5, 5.41) is 3.22. The smallest absolute Gasteiger partial charge is 0.248 e. The summed E-state index contributed by atoms with van der Waals surface area (Å²) < 4.78 is 10.9. The van der Waals surface area contributed by atoms with E-state index in [4.69, 9.17) is 15.2 Å². The number of nitrogen functional groups attached to an aromatic ring is 1. The molecule has 3 aromatic rings. The fourth-order valence-corrected chi connectivity index (χ4v) is 2.59. The summed E-state index contributed by atoms with van der Waals surface area (Å²) in [4.78, 5) is 8.36. The highest BCUT2D eigenvalue weighted by atomic mass is 16.5. The van der Waals surface area contributed by atoms with Gasteiger partial charge < -0.3 is 20.5 Å². The van der Waals surface area contributed by atoms with Gasteiger partial charge in [0.2, 0.25) is 5.88 Å². The lowest BCUT2D eigenvalue weighted by Gasteiger charge is -2.12. The maximum absolute atomic E-state index is 6.19. The maximum Gasteiger partial charge on any atom is 0.248 e. The van der Waals surface area contributed by atoms with Crippen molar-refractivity contribution in [1.29, 1.82) is 0 Å². The molecule has 0 amide bonds. The van der Waals surface area contributed by atoms with Crippen LogP contribution in [0.2, 0.25) is 0 Å². The zero-order chi connectivity index (χ0) is 19.1. The van der Waals surface area contributed by atoms with E-state index in [9.17, 15) is 0 Å². The lowest BCUT2D eigenvalue weighted by molar-refractivity contribution is 0.412. The van der Waals surface area contributed by atoms with Gasteiger partial charge in [0.25, 0.3) is 0 Å². The standard InChI is InChI=1S/C21H24N4O2/c1-3-4-5-15-6-8-16(9-7-15)25-20-19(22)21(24-14-23-20)27-18-12-10-17(26-2)11-13-18/h6-14H,3-5,22H2,1-2H3,(H,23,24,25). The summed E-state index contributed by atoms with van der Waals surface area (Å²) in [7, 11) is 1.62. The predicted molar refractivity (Wildman–Crippen MR) is 108 cm³/mol. The number of methoxy groups -OCH3 is 1. The Labute approximate surface area is 159 Å². The van der Waals surface area contributed by atoms with E-state index in [2.05, 4.69) is 34.3 Å². The van der Waals surface area contributed by atoms with Gasteiger partial charge in [0.05, 0.1) is 7.11 Å². The maximum atomic E-state index is 6.19. The summed E-state index contributed by atoms with van der Waals surface area (Å²) in [5.41, 5.74) is 8.78. The van der Waals surface area contributed by atoms with Crippen LogP contribution in [0.1, 0.15) is 25.3 Å². The molecule has 0 fully saturated rings. The molecule has 0 atom stereocenters. The van der Waals surface area contributed by atoms with Crippen molar-refractivity contribution in [1.82, 2.24) is 9.97 Å². The number of nitrogens with one attached hydrogen (secondary N) is 1. The Balaban J connectivity index is 1.72. The van der Waals surface area contributed by atoms with Crippen LogP contribution in [0.4, 0.5) is 17.2 Å². The number of nitrogens with zero attached hydrogens (tertiary/aromatic N) is 2. The zero-order valence-corrected chi connectivity index (χ0v) is 15.6. The van der Waals surface area contributed by atoms with Crippen LogP contribution in [0.25, 0.3) is 0 Å². The number of rotatable bonds is 8. The van der Waals surface area contributed by atoms with E-state index in [0.29, 0.717) is 23.1 Å². The van der Waals surface area contributed by atoms with Gasteiger partial charge >= 0.3 is 0 Å². The molecule has 140 valence electrons. The Hall–Kier alpha value is -3.28. The van der Waals surface area contributed by atoms with Gasteiger partial charge in [-0.2, -0.15) is 4.98 Å². The minimum atomic E-state index is 0.303. The molecule has 2 aromatic carbocycles. The summed E-state index contributed by atoms with van der Waals surface area (Å²) in [6.45, 7) is 2.19. The Morgan fingerprint density at radius 1 is 0.963 bits per heavy atom. The number of nitrogens with two attached hydrogens (primary N) is 1. The van der Waals surface area contributed by atoms with Gasteiger partial charge in [-0.1, -0.05) is 25.5 Å². The molecule has 1 heterocycles. The first kappa shape index (κ1) is 18.5. The van der Waals surface area contributed by atoms with Crippen molar-refractivity contribution in [3.05, 3.63) is 60.4 Å². The second-order valence-electron chi connectivity index (χ2n) is 6.14. The van der Waals surface area contributed by atoms with Crippen molar-refractivity contribution in [2.45, 2.75) is 26.2 Å². The van der Waals surface area contributed by atoms with E-state index in [1.165, 1.54) is 24.7 Å². The van der Waals surface area contributed by atoms with Crippen LogP contribution in [0.3, 0.4) is 0 Å². The number of benzene rings is 2. The molecule has 0 saturated heterocycles. The number of aromatic nitrogens is 2. The molecule has 0 aliphatic heterocycles. The first-order valence-corrected chi connectivity index (χ1v) is 8.98. The average molecular weight is 364 g/mol. The highest BCUT2D eigenvalue weighted by Crippen LogP contribution is 2.31. The molecule has 0 aliphatic rings. The molecule has 1 aromatic heterocycles. The van der Waals surface area contributed by atoms with Crippen LogP contribution in [-0.2, 0) is 6.42 Å². The summed E-state index contributed by atoms with van der Waals surface area (Å²) in [6.07, 6.45) is 4.89. The molecule has 0 saturated carbocycles. The molecule has 0 radical (unpaired) electrons. The Bertz CT molecular complexity index is 864. The quantitative estimate of drug-likeness (QED) is 0.589. The van der Waals surface area contributed by atoms with Crippen molar-refractivity contribution < 1.29 is 9.47 Å². The van der Waals surface area contributed by atoms with E-state index in [1.54, 1.807) is 19.2 Å². The molecule has 0 spiro atoms. The van der Waals surface area contributed by atoms with Gasteiger partial charge in [0.1, 0.15) is 23.5 Å². The number of unbranched alkanes of at least 4 members (excludes halogenated alkanes) is 1. The zero-order valence-electron chi connectivity index (χ0n) is 15.6. The first-order valence-electron chi connectivity index (χ1n) is 8.98. The van der Waals surface area contributed by atoms with Crippen LogP contribution in [0, 0.1) is 0 Å². The van der Waals surface area contributed by atoms with E-state index in [1.807, 2.05) is 24.3 Å². The molecular weight excluding hydrogens is 340 g/mol. The number of aryl methyl sites for hydroxylation is 1. The summed E-state index contributed by atoms with van der Waals surface area (Å²) in [5.74, 6) is 2.18. The van der Waals surface area contributed by atoms with Crippen LogP contribution in [-0.4, -0.2) is 17.1 Å².